The maximum absolute atomic E-state index is 12.9. The summed E-state index contributed by atoms with van der Waals surface area (Å²) in [6.45, 7) is 8.92. The van der Waals surface area contributed by atoms with E-state index >= 15 is 0 Å². The first-order valence-corrected chi connectivity index (χ1v) is 19.1. The van der Waals surface area contributed by atoms with Crippen LogP contribution in [0.15, 0.2) is 65.1 Å². The average molecular weight is 787 g/mol. The molecule has 6 rings (SSSR count). The number of nitrogens with zero attached hydrogens (tertiary/aromatic N) is 4. The Labute approximate surface area is 319 Å². The van der Waals surface area contributed by atoms with E-state index < -0.39 is 0 Å². The normalized spacial score (nSPS) is 17.0. The van der Waals surface area contributed by atoms with E-state index in [4.69, 9.17) is 19.4 Å². The Morgan fingerprint density at radius 3 is 2.53 bits per heavy atom. The van der Waals surface area contributed by atoms with Crippen LogP contribution in [0.4, 0.5) is 11.5 Å². The van der Waals surface area contributed by atoms with E-state index in [2.05, 4.69) is 55.8 Å². The average Bonchev–Trinajstić information content (AvgIpc) is 3.15. The molecule has 4 aromatic rings. The molecule has 2 saturated heterocycles. The van der Waals surface area contributed by atoms with Crippen LogP contribution >= 0.6 is 15.9 Å². The Morgan fingerprint density at radius 2 is 1.79 bits per heavy atom. The smallest absolute Gasteiger partial charge is 0.241 e. The first-order valence-electron chi connectivity index (χ1n) is 18.4. The number of aryl methyl sites for hydroxylation is 1. The van der Waals surface area contributed by atoms with Crippen LogP contribution in [-0.2, 0) is 14.4 Å². The fraction of sp³-hybridized carbons (Fsp3) is 0.425. The molecule has 0 spiro atoms. The van der Waals surface area contributed by atoms with Crippen LogP contribution in [0.2, 0.25) is 0 Å². The minimum Gasteiger partial charge on any atom is -0.493 e. The topological polar surface area (TPSA) is 138 Å². The largest absolute Gasteiger partial charge is 0.493 e. The number of nitrogens with one attached hydrogen (secondary N) is 3. The molecule has 3 aromatic carbocycles. The van der Waals surface area contributed by atoms with Gasteiger partial charge in [-0.3, -0.25) is 24.6 Å². The lowest BCUT2D eigenvalue weighted by Gasteiger charge is -2.34. The number of piperidine rings is 1. The fourth-order valence-electron chi connectivity index (χ4n) is 6.85. The number of fused-ring (bicyclic) bond motifs is 1. The summed E-state index contributed by atoms with van der Waals surface area (Å²) in [5.74, 6) is 2.03. The predicted molar refractivity (Wildman–Crippen MR) is 209 cm³/mol. The van der Waals surface area contributed by atoms with E-state index in [0.29, 0.717) is 49.9 Å². The van der Waals surface area contributed by atoms with E-state index in [-0.39, 0.29) is 36.2 Å². The number of carbonyl (C=O) groups excluding carboxylic acids is 3. The van der Waals surface area contributed by atoms with Gasteiger partial charge in [-0.05, 0) is 87.5 Å². The lowest BCUT2D eigenvalue weighted by Crippen LogP contribution is -2.50. The number of halogens is 1. The van der Waals surface area contributed by atoms with E-state index in [1.807, 2.05) is 60.4 Å². The summed E-state index contributed by atoms with van der Waals surface area (Å²) in [4.78, 5) is 50.2. The van der Waals surface area contributed by atoms with Crippen LogP contribution in [0.5, 0.6) is 11.5 Å². The molecular weight excluding hydrogens is 738 g/mol. The van der Waals surface area contributed by atoms with Crippen molar-refractivity contribution >= 4 is 56.1 Å². The van der Waals surface area contributed by atoms with Crippen LogP contribution in [0.3, 0.4) is 0 Å². The molecule has 1 unspecified atom stereocenters. The van der Waals surface area contributed by atoms with Crippen molar-refractivity contribution in [2.24, 2.45) is 0 Å². The van der Waals surface area contributed by atoms with Crippen molar-refractivity contribution in [1.29, 1.82) is 0 Å². The van der Waals surface area contributed by atoms with Crippen molar-refractivity contribution in [2.45, 2.75) is 57.9 Å². The summed E-state index contributed by atoms with van der Waals surface area (Å²) in [7, 11) is 1.65. The zero-order valence-electron chi connectivity index (χ0n) is 30.6. The summed E-state index contributed by atoms with van der Waals surface area (Å²) in [5, 5.41) is 10.0. The highest BCUT2D eigenvalue weighted by Crippen LogP contribution is 2.36. The summed E-state index contributed by atoms with van der Waals surface area (Å²) in [6.07, 6.45) is 3.87. The van der Waals surface area contributed by atoms with Crippen LogP contribution < -0.4 is 25.4 Å². The van der Waals surface area contributed by atoms with Gasteiger partial charge in [-0.2, -0.15) is 0 Å². The van der Waals surface area contributed by atoms with Gasteiger partial charge in [0.2, 0.25) is 17.7 Å². The van der Waals surface area contributed by atoms with Crippen LogP contribution in [0.1, 0.15) is 67.9 Å². The maximum atomic E-state index is 12.9. The second kappa shape index (κ2) is 17.8. The standard InChI is InChI=1S/C40H48BrN7O5/c1-26(29-8-7-9-30(41)22-29)43-39-33-23-35(52-3)36(24-34(33)44-27(2)45-39)53-21-6-4-5-16-47-17-19-48(20-18-47)38(50)25-42-31-12-10-28(11-13-31)32-14-15-37(49)46-40(32)51/h7-13,22-24,26,32,42H,4-6,14-21,25H2,1-3H3,(H,43,44,45)(H,46,49,51)/t26-,32?/m1/s1. The molecule has 3 heterocycles. The Kier molecular flexibility index (Phi) is 12.8. The second-order valence-electron chi connectivity index (χ2n) is 13.7. The lowest BCUT2D eigenvalue weighted by molar-refractivity contribution is -0.134. The zero-order chi connectivity index (χ0) is 37.3. The van der Waals surface area contributed by atoms with Gasteiger partial charge in [0, 0.05) is 54.2 Å². The Balaban J connectivity index is 0.898. The van der Waals surface area contributed by atoms with Crippen molar-refractivity contribution in [3.05, 3.63) is 82.1 Å². The van der Waals surface area contributed by atoms with Gasteiger partial charge in [-0.15, -0.1) is 0 Å². The summed E-state index contributed by atoms with van der Waals surface area (Å²) >= 11 is 3.56. The molecule has 0 radical (unpaired) electrons. The molecule has 53 heavy (non-hydrogen) atoms. The number of piperazine rings is 1. The van der Waals surface area contributed by atoms with E-state index in [1.165, 1.54) is 0 Å². The third-order valence-corrected chi connectivity index (χ3v) is 10.4. The highest BCUT2D eigenvalue weighted by molar-refractivity contribution is 9.10. The maximum Gasteiger partial charge on any atom is 0.241 e. The lowest BCUT2D eigenvalue weighted by atomic mass is 9.90. The van der Waals surface area contributed by atoms with Crippen molar-refractivity contribution in [2.75, 3.05) is 63.6 Å². The Bertz CT molecular complexity index is 1920. The van der Waals surface area contributed by atoms with Gasteiger partial charge in [-0.25, -0.2) is 9.97 Å². The number of hydrogen-bond acceptors (Lipinski definition) is 10. The van der Waals surface area contributed by atoms with Crippen LogP contribution in [0.25, 0.3) is 10.9 Å². The van der Waals surface area contributed by atoms with Crippen LogP contribution in [0, 0.1) is 6.92 Å². The molecule has 3 amide bonds. The van der Waals surface area contributed by atoms with Crippen LogP contribution in [-0.4, -0.2) is 90.5 Å². The highest BCUT2D eigenvalue weighted by Gasteiger charge is 2.28. The van der Waals surface area contributed by atoms with Gasteiger partial charge in [0.1, 0.15) is 11.6 Å². The first-order chi connectivity index (χ1) is 25.7. The van der Waals surface area contributed by atoms with Gasteiger partial charge in [-0.1, -0.05) is 40.2 Å². The van der Waals surface area contributed by atoms with Gasteiger partial charge in [0.15, 0.2) is 11.5 Å². The Hall–Kier alpha value is -4.75. The molecule has 1 aromatic heterocycles. The number of methoxy groups -OCH3 is 1. The summed E-state index contributed by atoms with van der Waals surface area (Å²) < 4.78 is 13.0. The van der Waals surface area contributed by atoms with Crippen molar-refractivity contribution in [3.8, 4) is 11.5 Å². The van der Waals surface area contributed by atoms with Gasteiger partial charge in [0.05, 0.1) is 37.7 Å². The number of ether oxygens (including phenoxy) is 2. The first kappa shape index (κ1) is 38.0. The number of rotatable bonds is 15. The monoisotopic (exact) mass is 785 g/mol. The molecule has 12 nitrogen and oxygen atoms in total. The SMILES string of the molecule is COc1cc2c(N[C@H](C)c3cccc(Br)c3)nc(C)nc2cc1OCCCCCN1CCN(C(=O)CNc2ccc(C3CCC(=O)NC3=O)cc2)CC1. The second-order valence-corrected chi connectivity index (χ2v) is 14.6. The van der Waals surface area contributed by atoms with E-state index in [9.17, 15) is 14.4 Å². The number of imide groups is 1. The highest BCUT2D eigenvalue weighted by atomic mass is 79.9. The Morgan fingerprint density at radius 1 is 1.00 bits per heavy atom. The van der Waals surface area contributed by atoms with E-state index in [1.54, 1.807) is 7.11 Å². The third kappa shape index (κ3) is 10.0. The molecule has 3 N–H and O–H groups in total. The van der Waals surface area contributed by atoms with Gasteiger partial charge >= 0.3 is 0 Å². The molecule has 2 atom stereocenters. The molecule has 0 aliphatic carbocycles. The number of unbranched alkanes of at least 4 members (excludes halogenated alkanes) is 2. The number of aromatic nitrogens is 2. The van der Waals surface area contributed by atoms with Crippen molar-refractivity contribution in [3.63, 3.8) is 0 Å². The molecule has 280 valence electrons. The zero-order valence-corrected chi connectivity index (χ0v) is 32.2. The minimum atomic E-state index is -0.316. The number of amides is 3. The molecule has 2 aliphatic heterocycles. The minimum absolute atomic E-state index is 0.0345. The molecule has 13 heteroatoms. The summed E-state index contributed by atoms with van der Waals surface area (Å²) in [6, 6.07) is 19.7. The van der Waals surface area contributed by atoms with Crippen molar-refractivity contribution < 1.29 is 23.9 Å². The van der Waals surface area contributed by atoms with Crippen molar-refractivity contribution in [1.82, 2.24) is 25.1 Å². The number of carbonyl (C=O) groups is 3. The molecule has 2 aliphatic rings. The third-order valence-electron chi connectivity index (χ3n) is 9.89. The quantitative estimate of drug-likeness (QED) is 0.0943. The van der Waals surface area contributed by atoms with E-state index in [0.717, 1.165) is 76.9 Å². The number of anilines is 2. The molecule has 2 fully saturated rings. The molecule has 0 saturated carbocycles. The summed E-state index contributed by atoms with van der Waals surface area (Å²) in [5.41, 5.74) is 3.64. The van der Waals surface area contributed by atoms with Gasteiger partial charge in [0.25, 0.3) is 0 Å². The fourth-order valence-corrected chi connectivity index (χ4v) is 7.27. The molecule has 0 bridgehead atoms. The van der Waals surface area contributed by atoms with Gasteiger partial charge < -0.3 is 25.0 Å². The number of hydrogen-bond donors (Lipinski definition) is 3. The molecular formula is C40H48BrN7O5. The predicted octanol–water partition coefficient (Wildman–Crippen LogP) is 6.21. The number of benzene rings is 3.